The molecule has 2 aliphatic rings. The number of hydrogen-bond donors (Lipinski definition) is 2. The van der Waals surface area contributed by atoms with Crippen LogP contribution in [-0.2, 0) is 19.6 Å². The first-order valence-corrected chi connectivity index (χ1v) is 9.00. The van der Waals surface area contributed by atoms with Crippen molar-refractivity contribution in [1.29, 1.82) is 0 Å². The zero-order chi connectivity index (χ0) is 17.7. The molecule has 0 aromatic heterocycles. The standard InChI is InChI=1S/C14H23FN2O5S/c1-9-7-14(9,16-11(19)22-12(2,3)4)10(18)17-23(20,21)13(8-15)5-6-13/h9H,5-8H2,1-4H3,(H,16,19)(H,17,18)/t9-,14-/m1/s1. The fourth-order valence-corrected chi connectivity index (χ4v) is 3.82. The summed E-state index contributed by atoms with van der Waals surface area (Å²) in [6.45, 7) is 5.72. The molecule has 0 bridgehead atoms. The Labute approximate surface area is 135 Å². The molecule has 132 valence electrons. The van der Waals surface area contributed by atoms with Gasteiger partial charge in [-0.3, -0.25) is 9.52 Å². The zero-order valence-corrected chi connectivity index (χ0v) is 14.5. The van der Waals surface area contributed by atoms with E-state index < -0.39 is 44.6 Å². The van der Waals surface area contributed by atoms with Crippen molar-refractivity contribution in [1.82, 2.24) is 10.0 Å². The Kier molecular flexibility index (Phi) is 4.16. The van der Waals surface area contributed by atoms with Crippen LogP contribution in [0.4, 0.5) is 9.18 Å². The molecule has 9 heteroatoms. The molecule has 0 aromatic rings. The molecular formula is C14H23FN2O5S. The second kappa shape index (κ2) is 5.32. The van der Waals surface area contributed by atoms with Crippen LogP contribution in [0.2, 0.25) is 0 Å². The van der Waals surface area contributed by atoms with Gasteiger partial charge >= 0.3 is 6.09 Å². The summed E-state index contributed by atoms with van der Waals surface area (Å²) in [5.41, 5.74) is -2.06. The third-order valence-electron chi connectivity index (χ3n) is 4.29. The molecule has 2 aliphatic carbocycles. The minimum Gasteiger partial charge on any atom is -0.444 e. The van der Waals surface area contributed by atoms with Crippen molar-refractivity contribution in [3.8, 4) is 0 Å². The molecule has 2 atom stereocenters. The number of carbonyl (C=O) groups excluding carboxylic acids is 2. The van der Waals surface area contributed by atoms with Crippen molar-refractivity contribution in [3.63, 3.8) is 0 Å². The molecule has 2 saturated carbocycles. The van der Waals surface area contributed by atoms with Gasteiger partial charge in [-0.15, -0.1) is 0 Å². The number of rotatable bonds is 5. The molecule has 0 spiro atoms. The maximum Gasteiger partial charge on any atom is 0.408 e. The van der Waals surface area contributed by atoms with Crippen LogP contribution in [0.25, 0.3) is 0 Å². The van der Waals surface area contributed by atoms with E-state index >= 15 is 0 Å². The number of nitrogens with one attached hydrogen (secondary N) is 2. The van der Waals surface area contributed by atoms with Crippen molar-refractivity contribution < 1.29 is 27.1 Å². The van der Waals surface area contributed by atoms with E-state index in [1.54, 1.807) is 27.7 Å². The third-order valence-corrected chi connectivity index (χ3v) is 6.40. The van der Waals surface area contributed by atoms with Crippen LogP contribution in [-0.4, -0.2) is 43.0 Å². The molecule has 2 rings (SSSR count). The van der Waals surface area contributed by atoms with Crippen molar-refractivity contribution in [3.05, 3.63) is 0 Å². The number of alkyl halides is 1. The highest BCUT2D eigenvalue weighted by atomic mass is 32.2. The molecule has 0 heterocycles. The van der Waals surface area contributed by atoms with Crippen LogP contribution in [0.3, 0.4) is 0 Å². The highest BCUT2D eigenvalue weighted by Crippen LogP contribution is 2.46. The van der Waals surface area contributed by atoms with Gasteiger partial charge in [0.1, 0.15) is 22.6 Å². The van der Waals surface area contributed by atoms with E-state index in [9.17, 15) is 22.4 Å². The van der Waals surface area contributed by atoms with Gasteiger partial charge < -0.3 is 10.1 Å². The Morgan fingerprint density at radius 2 is 1.83 bits per heavy atom. The van der Waals surface area contributed by atoms with E-state index in [0.29, 0.717) is 6.42 Å². The van der Waals surface area contributed by atoms with E-state index in [2.05, 4.69) is 5.32 Å². The van der Waals surface area contributed by atoms with Gasteiger partial charge in [-0.05, 0) is 46.0 Å². The summed E-state index contributed by atoms with van der Waals surface area (Å²) < 4.78 is 42.8. The Bertz CT molecular complexity index is 624. The molecule has 7 nitrogen and oxygen atoms in total. The predicted octanol–water partition coefficient (Wildman–Crippen LogP) is 1.24. The van der Waals surface area contributed by atoms with Crippen LogP contribution in [0.1, 0.15) is 47.0 Å². The minimum atomic E-state index is -4.10. The lowest BCUT2D eigenvalue weighted by Gasteiger charge is -2.24. The molecule has 0 unspecified atom stereocenters. The smallest absolute Gasteiger partial charge is 0.408 e. The number of halogens is 1. The van der Waals surface area contributed by atoms with Crippen LogP contribution in [0, 0.1) is 5.92 Å². The van der Waals surface area contributed by atoms with E-state index in [1.807, 2.05) is 4.72 Å². The Morgan fingerprint density at radius 1 is 1.30 bits per heavy atom. The zero-order valence-electron chi connectivity index (χ0n) is 13.7. The Morgan fingerprint density at radius 3 is 2.17 bits per heavy atom. The van der Waals surface area contributed by atoms with Crippen molar-refractivity contribution >= 4 is 22.0 Å². The van der Waals surface area contributed by atoms with Crippen molar-refractivity contribution in [2.75, 3.05) is 6.67 Å². The second-order valence-corrected chi connectivity index (χ2v) is 9.53. The van der Waals surface area contributed by atoms with Gasteiger partial charge in [0.05, 0.1) is 0 Å². The summed E-state index contributed by atoms with van der Waals surface area (Å²) in [6.07, 6.45) is -0.112. The highest BCUT2D eigenvalue weighted by molar-refractivity contribution is 7.91. The average Bonchev–Trinajstić information content (AvgIpc) is 3.24. The third kappa shape index (κ3) is 3.44. The molecule has 0 aromatic carbocycles. The lowest BCUT2D eigenvalue weighted by atomic mass is 10.2. The molecule has 0 saturated heterocycles. The van der Waals surface area contributed by atoms with E-state index in [0.717, 1.165) is 0 Å². The fourth-order valence-electron chi connectivity index (χ4n) is 2.39. The maximum atomic E-state index is 12.9. The molecule has 2 N–H and O–H groups in total. The van der Waals surface area contributed by atoms with E-state index in [-0.39, 0.29) is 18.8 Å². The van der Waals surface area contributed by atoms with Crippen LogP contribution in [0.15, 0.2) is 0 Å². The first kappa shape index (κ1) is 18.0. The monoisotopic (exact) mass is 350 g/mol. The normalized spacial score (nSPS) is 28.7. The summed E-state index contributed by atoms with van der Waals surface area (Å²) >= 11 is 0. The summed E-state index contributed by atoms with van der Waals surface area (Å²) in [6, 6.07) is 0. The second-order valence-electron chi connectivity index (χ2n) is 7.45. The summed E-state index contributed by atoms with van der Waals surface area (Å²) in [5.74, 6) is -1.07. The number of carbonyl (C=O) groups is 2. The number of amides is 2. The molecule has 23 heavy (non-hydrogen) atoms. The SMILES string of the molecule is C[C@@H]1C[C@]1(NC(=O)OC(C)(C)C)C(=O)NS(=O)(=O)C1(CF)CC1. The minimum absolute atomic E-state index is 0.189. The highest BCUT2D eigenvalue weighted by Gasteiger charge is 2.62. The average molecular weight is 350 g/mol. The van der Waals surface area contributed by atoms with E-state index in [1.165, 1.54) is 0 Å². The Hall–Kier alpha value is -1.38. The lowest BCUT2D eigenvalue weighted by molar-refractivity contribution is -0.122. The first-order chi connectivity index (χ1) is 10.4. The molecule has 2 amide bonds. The van der Waals surface area contributed by atoms with Gasteiger partial charge in [0.2, 0.25) is 10.0 Å². The lowest BCUT2D eigenvalue weighted by Crippen LogP contribution is -2.54. The number of ether oxygens (including phenoxy) is 1. The van der Waals surface area contributed by atoms with E-state index in [4.69, 9.17) is 4.74 Å². The van der Waals surface area contributed by atoms with Gasteiger partial charge in [-0.25, -0.2) is 17.6 Å². The van der Waals surface area contributed by atoms with Crippen molar-refractivity contribution in [2.24, 2.45) is 5.92 Å². The van der Waals surface area contributed by atoms with Crippen LogP contribution >= 0.6 is 0 Å². The molecule has 0 aliphatic heterocycles. The molecule has 2 fully saturated rings. The van der Waals surface area contributed by atoms with Gasteiger partial charge in [0.15, 0.2) is 0 Å². The fraction of sp³-hybridized carbons (Fsp3) is 0.857. The summed E-state index contributed by atoms with van der Waals surface area (Å²) in [7, 11) is -4.10. The number of sulfonamides is 1. The van der Waals surface area contributed by atoms with Gasteiger partial charge in [0, 0.05) is 0 Å². The Balaban J connectivity index is 2.06. The van der Waals surface area contributed by atoms with Gasteiger partial charge in [-0.2, -0.15) is 0 Å². The topological polar surface area (TPSA) is 102 Å². The van der Waals surface area contributed by atoms with Crippen molar-refractivity contribution in [2.45, 2.75) is 62.8 Å². The first-order valence-electron chi connectivity index (χ1n) is 7.51. The van der Waals surface area contributed by atoms with Gasteiger partial charge in [-0.1, -0.05) is 6.92 Å². The van der Waals surface area contributed by atoms with Crippen LogP contribution in [0.5, 0.6) is 0 Å². The summed E-state index contributed by atoms with van der Waals surface area (Å²) in [4.78, 5) is 24.2. The largest absolute Gasteiger partial charge is 0.444 e. The summed E-state index contributed by atoms with van der Waals surface area (Å²) in [5, 5.41) is 2.45. The maximum absolute atomic E-state index is 12.9. The molecule has 0 radical (unpaired) electrons. The van der Waals surface area contributed by atoms with Crippen LogP contribution < -0.4 is 10.0 Å². The van der Waals surface area contributed by atoms with Gasteiger partial charge in [0.25, 0.3) is 5.91 Å². The number of alkyl carbamates (subject to hydrolysis) is 1. The number of hydrogen-bond acceptors (Lipinski definition) is 5. The molecular weight excluding hydrogens is 327 g/mol. The predicted molar refractivity (Wildman–Crippen MR) is 80.9 cm³/mol. The quantitative estimate of drug-likeness (QED) is 0.777.